The smallest absolute Gasteiger partial charge is 0.243 e. The van der Waals surface area contributed by atoms with Crippen LogP contribution in [0.25, 0.3) is 0 Å². The number of fused-ring (bicyclic) bond motifs is 2. The van der Waals surface area contributed by atoms with Crippen molar-refractivity contribution in [1.29, 1.82) is 0 Å². The van der Waals surface area contributed by atoms with Gasteiger partial charge in [-0.15, -0.1) is 0 Å². The van der Waals surface area contributed by atoms with Gasteiger partial charge in [-0.1, -0.05) is 31.4 Å². The Labute approximate surface area is 109 Å². The van der Waals surface area contributed by atoms with Crippen molar-refractivity contribution in [2.45, 2.75) is 44.9 Å². The quantitative estimate of drug-likeness (QED) is 0.464. The molecule has 2 fully saturated rings. The molecule has 0 heterocycles. The van der Waals surface area contributed by atoms with Crippen molar-refractivity contribution in [2.75, 3.05) is 0 Å². The first-order valence-corrected chi connectivity index (χ1v) is 7.34. The van der Waals surface area contributed by atoms with E-state index in [9.17, 15) is 4.79 Å². The predicted octanol–water partition coefficient (Wildman–Crippen LogP) is 2.88. The van der Waals surface area contributed by atoms with E-state index in [2.05, 4.69) is 22.7 Å². The third kappa shape index (κ3) is 2.50. The van der Waals surface area contributed by atoms with E-state index in [0.717, 1.165) is 18.8 Å². The standard InChI is InChI=1S/C15H22N2O/c18-15(12-4-2-1-3-5-12)17-16-10-14-9-11-6-7-13(14)8-11/h6-7,10-14H,1-5,8-9H2,(H,17,18)/b16-10+. The van der Waals surface area contributed by atoms with Crippen LogP contribution in [0.4, 0.5) is 0 Å². The minimum atomic E-state index is 0.129. The van der Waals surface area contributed by atoms with Crippen LogP contribution in [-0.4, -0.2) is 12.1 Å². The number of amides is 1. The average Bonchev–Trinajstić information content (AvgIpc) is 3.02. The molecule has 1 N–H and O–H groups in total. The molecule has 2 bridgehead atoms. The Hall–Kier alpha value is -1.12. The van der Waals surface area contributed by atoms with Crippen LogP contribution in [0.1, 0.15) is 44.9 Å². The number of nitrogens with zero attached hydrogens (tertiary/aromatic N) is 1. The third-order valence-corrected chi connectivity index (χ3v) is 4.75. The fraction of sp³-hybridized carbons (Fsp3) is 0.733. The van der Waals surface area contributed by atoms with Crippen LogP contribution in [0.2, 0.25) is 0 Å². The number of hydrogen-bond donors (Lipinski definition) is 1. The lowest BCUT2D eigenvalue weighted by atomic mass is 9.89. The van der Waals surface area contributed by atoms with Gasteiger partial charge in [-0.05, 0) is 37.5 Å². The van der Waals surface area contributed by atoms with Gasteiger partial charge >= 0.3 is 0 Å². The zero-order valence-electron chi connectivity index (χ0n) is 10.8. The number of rotatable bonds is 3. The van der Waals surface area contributed by atoms with Crippen LogP contribution < -0.4 is 5.43 Å². The second-order valence-corrected chi connectivity index (χ2v) is 6.03. The molecule has 0 aromatic rings. The zero-order valence-corrected chi connectivity index (χ0v) is 10.8. The Morgan fingerprint density at radius 3 is 2.67 bits per heavy atom. The summed E-state index contributed by atoms with van der Waals surface area (Å²) in [7, 11) is 0. The van der Waals surface area contributed by atoms with Crippen LogP contribution in [0.15, 0.2) is 17.3 Å². The molecule has 1 amide bonds. The zero-order chi connectivity index (χ0) is 12.4. The summed E-state index contributed by atoms with van der Waals surface area (Å²) in [6, 6.07) is 0. The van der Waals surface area contributed by atoms with Crippen molar-refractivity contribution in [3.8, 4) is 0 Å². The second kappa shape index (κ2) is 5.25. The Balaban J connectivity index is 1.46. The van der Waals surface area contributed by atoms with E-state index >= 15 is 0 Å². The molecule has 2 saturated carbocycles. The molecule has 0 saturated heterocycles. The molecule has 0 aliphatic heterocycles. The van der Waals surface area contributed by atoms with Crippen LogP contribution in [0.3, 0.4) is 0 Å². The van der Waals surface area contributed by atoms with Gasteiger partial charge in [0.25, 0.3) is 0 Å². The van der Waals surface area contributed by atoms with Crippen LogP contribution in [-0.2, 0) is 4.79 Å². The fourth-order valence-electron chi connectivity index (χ4n) is 3.65. The summed E-state index contributed by atoms with van der Waals surface area (Å²) in [6.45, 7) is 0. The molecule has 3 heteroatoms. The Morgan fingerprint density at radius 1 is 1.17 bits per heavy atom. The minimum Gasteiger partial charge on any atom is -0.273 e. The van der Waals surface area contributed by atoms with E-state index in [-0.39, 0.29) is 11.8 Å². The lowest BCUT2D eigenvalue weighted by molar-refractivity contribution is -0.125. The maximum absolute atomic E-state index is 11.9. The summed E-state index contributed by atoms with van der Waals surface area (Å²) >= 11 is 0. The summed E-state index contributed by atoms with van der Waals surface area (Å²) in [5.74, 6) is 2.32. The van der Waals surface area contributed by atoms with Crippen molar-refractivity contribution in [1.82, 2.24) is 5.43 Å². The largest absolute Gasteiger partial charge is 0.273 e. The first-order valence-electron chi connectivity index (χ1n) is 7.34. The molecular weight excluding hydrogens is 224 g/mol. The molecule has 0 aromatic carbocycles. The van der Waals surface area contributed by atoms with Crippen LogP contribution in [0, 0.1) is 23.7 Å². The molecule has 3 unspecified atom stereocenters. The first-order chi connectivity index (χ1) is 8.83. The van der Waals surface area contributed by atoms with Gasteiger partial charge in [0.2, 0.25) is 5.91 Å². The van der Waals surface area contributed by atoms with Gasteiger partial charge in [0.05, 0.1) is 0 Å². The number of nitrogens with one attached hydrogen (secondary N) is 1. The normalized spacial score (nSPS) is 35.4. The molecular formula is C15H22N2O. The Morgan fingerprint density at radius 2 is 2.00 bits per heavy atom. The Bertz CT molecular complexity index is 369. The van der Waals surface area contributed by atoms with Crippen molar-refractivity contribution in [2.24, 2.45) is 28.8 Å². The lowest BCUT2D eigenvalue weighted by Crippen LogP contribution is -2.28. The molecule has 3 aliphatic rings. The van der Waals surface area contributed by atoms with Crippen molar-refractivity contribution in [3.63, 3.8) is 0 Å². The van der Waals surface area contributed by atoms with Crippen molar-refractivity contribution < 1.29 is 4.79 Å². The maximum Gasteiger partial charge on any atom is 0.243 e. The summed E-state index contributed by atoms with van der Waals surface area (Å²) in [5, 5.41) is 4.19. The van der Waals surface area contributed by atoms with Crippen LogP contribution >= 0.6 is 0 Å². The molecule has 98 valence electrons. The Kier molecular flexibility index (Phi) is 3.48. The summed E-state index contributed by atoms with van der Waals surface area (Å²) in [6.07, 6.45) is 14.9. The fourth-order valence-corrected chi connectivity index (χ4v) is 3.65. The van der Waals surface area contributed by atoms with E-state index < -0.39 is 0 Å². The average molecular weight is 246 g/mol. The van der Waals surface area contributed by atoms with Gasteiger partial charge in [0.1, 0.15) is 0 Å². The number of hydrogen-bond acceptors (Lipinski definition) is 2. The highest BCUT2D eigenvalue weighted by Gasteiger charge is 2.34. The van der Waals surface area contributed by atoms with Gasteiger partial charge in [-0.3, -0.25) is 4.79 Å². The monoisotopic (exact) mass is 246 g/mol. The summed E-state index contributed by atoms with van der Waals surface area (Å²) in [5.41, 5.74) is 2.75. The molecule has 0 spiro atoms. The first kappa shape index (κ1) is 11.9. The number of carbonyl (C=O) groups is 1. The molecule has 0 aromatic heterocycles. The molecule has 3 nitrogen and oxygen atoms in total. The summed E-state index contributed by atoms with van der Waals surface area (Å²) < 4.78 is 0. The predicted molar refractivity (Wildman–Crippen MR) is 72.1 cm³/mol. The number of allylic oxidation sites excluding steroid dienone is 2. The van der Waals surface area contributed by atoms with Gasteiger partial charge in [-0.25, -0.2) is 5.43 Å². The van der Waals surface area contributed by atoms with E-state index in [1.165, 1.54) is 32.1 Å². The van der Waals surface area contributed by atoms with E-state index in [1.54, 1.807) is 0 Å². The number of carbonyl (C=O) groups excluding carboxylic acids is 1. The topological polar surface area (TPSA) is 41.5 Å². The van der Waals surface area contributed by atoms with E-state index in [0.29, 0.717) is 11.8 Å². The summed E-state index contributed by atoms with van der Waals surface area (Å²) in [4.78, 5) is 11.9. The molecule has 18 heavy (non-hydrogen) atoms. The van der Waals surface area contributed by atoms with Gasteiger partial charge < -0.3 is 0 Å². The van der Waals surface area contributed by atoms with Gasteiger partial charge in [0, 0.05) is 18.1 Å². The van der Waals surface area contributed by atoms with E-state index in [4.69, 9.17) is 0 Å². The highest BCUT2D eigenvalue weighted by molar-refractivity contribution is 5.79. The molecule has 0 radical (unpaired) electrons. The molecule has 3 atom stereocenters. The van der Waals surface area contributed by atoms with E-state index in [1.807, 2.05) is 6.21 Å². The maximum atomic E-state index is 11.9. The van der Waals surface area contributed by atoms with Gasteiger partial charge in [-0.2, -0.15) is 5.10 Å². The highest BCUT2D eigenvalue weighted by Crippen LogP contribution is 2.42. The van der Waals surface area contributed by atoms with Crippen LogP contribution in [0.5, 0.6) is 0 Å². The van der Waals surface area contributed by atoms with Crippen molar-refractivity contribution in [3.05, 3.63) is 12.2 Å². The second-order valence-electron chi connectivity index (χ2n) is 6.03. The molecule has 3 rings (SSSR count). The highest BCUT2D eigenvalue weighted by atomic mass is 16.2. The van der Waals surface area contributed by atoms with Gasteiger partial charge in [0.15, 0.2) is 0 Å². The van der Waals surface area contributed by atoms with Crippen molar-refractivity contribution >= 4 is 12.1 Å². The molecule has 3 aliphatic carbocycles. The third-order valence-electron chi connectivity index (χ3n) is 4.75. The SMILES string of the molecule is O=C(N/N=C/C1CC2C=CC1C2)C1CCCCC1. The minimum absolute atomic E-state index is 0.129. The number of hydrazone groups is 1. The lowest BCUT2D eigenvalue weighted by Gasteiger charge is -2.19.